The minimum absolute atomic E-state index is 0.0178. The zero-order valence-electron chi connectivity index (χ0n) is 40.0. The fourth-order valence-electron chi connectivity index (χ4n) is 6.90. The number of nitrogens with one attached hydrogen (secondary N) is 2. The van der Waals surface area contributed by atoms with Crippen LogP contribution in [0.1, 0.15) is 57.9 Å². The van der Waals surface area contributed by atoms with Gasteiger partial charge in [0.2, 0.25) is 11.5 Å². The number of Topliss-reactive ketones (excluding diaryl/α,β-unsaturated/α-hetero) is 1. The SMILES string of the molecule is CC(=O)CC(=O)Nc1ccc(Br)c(C)c1.Cc1cc(N)ccc1Br.Cc1cc2[nH]c(=O)cc(C)c2cc1Br.Cc1cc2c(cc1Br)c(C)cc(=O)n2C.Cc1cc2c(cc1N)c(C)cc(=O)n2C. The highest BCUT2D eigenvalue weighted by Crippen LogP contribution is 2.26. The smallest absolute Gasteiger partial charge is 0.251 e. The van der Waals surface area contributed by atoms with Gasteiger partial charge in [-0.05, 0) is 180 Å². The fraction of sp³-hybridized carbons (Fsp3) is 0.226. The number of amides is 1. The summed E-state index contributed by atoms with van der Waals surface area (Å²) in [5, 5.41) is 5.91. The average Bonchev–Trinajstić information content (AvgIpc) is 3.25. The first kappa shape index (κ1) is 55.0. The van der Waals surface area contributed by atoms with Crippen LogP contribution in [0.4, 0.5) is 17.1 Å². The number of aromatic nitrogens is 3. The van der Waals surface area contributed by atoms with Gasteiger partial charge in [0.15, 0.2) is 0 Å². The molecule has 0 fully saturated rings. The summed E-state index contributed by atoms with van der Waals surface area (Å²) in [5.74, 6) is -0.412. The lowest BCUT2D eigenvalue weighted by Crippen LogP contribution is -2.16. The van der Waals surface area contributed by atoms with Crippen LogP contribution in [0.5, 0.6) is 0 Å². The second kappa shape index (κ2) is 24.1. The maximum Gasteiger partial charge on any atom is 0.251 e. The molecule has 0 bridgehead atoms. The average molecular weight is 1180 g/mol. The number of halogens is 4. The van der Waals surface area contributed by atoms with Crippen LogP contribution in [0.3, 0.4) is 0 Å². The third kappa shape index (κ3) is 14.7. The van der Waals surface area contributed by atoms with Crippen LogP contribution in [0.25, 0.3) is 32.7 Å². The Kier molecular flexibility index (Phi) is 19.5. The zero-order chi connectivity index (χ0) is 50.9. The summed E-state index contributed by atoms with van der Waals surface area (Å²) in [5.41, 5.74) is 25.0. The van der Waals surface area contributed by atoms with Crippen molar-refractivity contribution in [3.8, 4) is 0 Å². The lowest BCUT2D eigenvalue weighted by molar-refractivity contribution is -0.124. The summed E-state index contributed by atoms with van der Waals surface area (Å²) in [6, 6.07) is 28.2. The number of aryl methyl sites for hydroxylation is 10. The monoisotopic (exact) mass is 1170 g/mol. The minimum atomic E-state index is -0.274. The molecule has 15 heteroatoms. The molecule has 3 heterocycles. The van der Waals surface area contributed by atoms with Crippen LogP contribution in [-0.4, -0.2) is 25.8 Å². The molecule has 68 heavy (non-hydrogen) atoms. The number of H-pyrrole nitrogens is 1. The Morgan fingerprint density at radius 2 is 0.985 bits per heavy atom. The number of ketones is 1. The molecular weight excluding hydrogens is 1120 g/mol. The first-order chi connectivity index (χ1) is 31.8. The second-order valence-electron chi connectivity index (χ2n) is 16.7. The molecule has 0 aliphatic carbocycles. The molecule has 0 saturated carbocycles. The van der Waals surface area contributed by atoms with Crippen molar-refractivity contribution in [1.82, 2.24) is 14.1 Å². The molecule has 0 radical (unpaired) electrons. The number of rotatable bonds is 3. The lowest BCUT2D eigenvalue weighted by atomic mass is 10.1. The van der Waals surface area contributed by atoms with Crippen LogP contribution in [0.15, 0.2) is 123 Å². The molecule has 0 atom stereocenters. The summed E-state index contributed by atoms with van der Waals surface area (Å²) in [4.78, 5) is 59.2. The van der Waals surface area contributed by atoms with Crippen LogP contribution in [0, 0.1) is 55.4 Å². The summed E-state index contributed by atoms with van der Waals surface area (Å²) >= 11 is 13.7. The molecule has 0 saturated heterocycles. The van der Waals surface area contributed by atoms with Gasteiger partial charge in [-0.2, -0.15) is 0 Å². The summed E-state index contributed by atoms with van der Waals surface area (Å²) in [6.07, 6.45) is -0.0743. The number of anilines is 3. The van der Waals surface area contributed by atoms with Gasteiger partial charge in [-0.3, -0.25) is 24.0 Å². The summed E-state index contributed by atoms with van der Waals surface area (Å²) in [6.45, 7) is 17.2. The molecule has 8 aromatic rings. The molecule has 356 valence electrons. The highest BCUT2D eigenvalue weighted by molar-refractivity contribution is 9.11. The van der Waals surface area contributed by atoms with E-state index in [9.17, 15) is 24.0 Å². The van der Waals surface area contributed by atoms with Crippen molar-refractivity contribution >= 4 is 125 Å². The Labute approximate surface area is 429 Å². The van der Waals surface area contributed by atoms with Gasteiger partial charge in [-0.1, -0.05) is 63.7 Å². The number of nitrogens with zero attached hydrogens (tertiary/aromatic N) is 2. The molecule has 0 aliphatic heterocycles. The minimum Gasteiger partial charge on any atom is -0.399 e. The number of fused-ring (bicyclic) bond motifs is 3. The van der Waals surface area contributed by atoms with E-state index in [0.717, 1.165) is 101 Å². The second-order valence-corrected chi connectivity index (χ2v) is 20.1. The van der Waals surface area contributed by atoms with E-state index in [1.54, 1.807) is 47.5 Å². The molecule has 11 nitrogen and oxygen atoms in total. The van der Waals surface area contributed by atoms with Gasteiger partial charge in [-0.25, -0.2) is 0 Å². The number of hydrogen-bond donors (Lipinski definition) is 4. The van der Waals surface area contributed by atoms with Crippen molar-refractivity contribution in [2.75, 3.05) is 16.8 Å². The predicted molar refractivity (Wildman–Crippen MR) is 297 cm³/mol. The Morgan fingerprint density at radius 3 is 1.50 bits per heavy atom. The molecule has 8 rings (SSSR count). The van der Waals surface area contributed by atoms with Gasteiger partial charge < -0.3 is 30.9 Å². The maximum atomic E-state index is 11.6. The van der Waals surface area contributed by atoms with Gasteiger partial charge in [0.05, 0.1) is 17.5 Å². The third-order valence-corrected chi connectivity index (χ3v) is 14.4. The first-order valence-corrected chi connectivity index (χ1v) is 24.4. The molecular formula is C53H56Br4N6O5. The van der Waals surface area contributed by atoms with E-state index in [2.05, 4.69) is 80.1 Å². The van der Waals surface area contributed by atoms with E-state index in [1.165, 1.54) is 12.5 Å². The third-order valence-electron chi connectivity index (χ3n) is 10.9. The standard InChI is InChI=1S/C12H12BrNO.C12H14N2O.C11H12BrNO2.C11H10BrNO.C7H8BrN/c2*1-7-5-12(15)14(3)11-4-8(2)10(13)6-9(7)11;1-7-5-9(3-4-10(7)12)13-11(15)6-8(2)14;1-6-4-11(14)13-10-3-7(2)9(12)5-8(6)10;1-5-4-6(9)2-3-7(5)8/h4-6H,1-3H3;4-6H,13H2,1-3H3;3-5H,6H2,1-2H3,(H,13,15);3-5H,1-2H3,(H,13,14);2-4H,9H2,1H3. The maximum absolute atomic E-state index is 11.6. The lowest BCUT2D eigenvalue weighted by Gasteiger charge is -2.10. The molecule has 6 N–H and O–H groups in total. The van der Waals surface area contributed by atoms with E-state index in [0.29, 0.717) is 5.69 Å². The number of benzene rings is 5. The Morgan fingerprint density at radius 1 is 0.529 bits per heavy atom. The van der Waals surface area contributed by atoms with E-state index in [4.69, 9.17) is 11.5 Å². The predicted octanol–water partition coefficient (Wildman–Crippen LogP) is 12.6. The Hall–Kier alpha value is -5.61. The summed E-state index contributed by atoms with van der Waals surface area (Å²) < 4.78 is 7.58. The number of aromatic amines is 1. The van der Waals surface area contributed by atoms with E-state index >= 15 is 0 Å². The van der Waals surface area contributed by atoms with Gasteiger partial charge in [0.25, 0.3) is 11.1 Å². The quantitative estimate of drug-likeness (QED) is 0.101. The van der Waals surface area contributed by atoms with E-state index in [1.807, 2.05) is 116 Å². The van der Waals surface area contributed by atoms with Crippen molar-refractivity contribution in [2.45, 2.75) is 68.7 Å². The number of pyridine rings is 3. The number of nitrogens with two attached hydrogens (primary N) is 2. The summed E-state index contributed by atoms with van der Waals surface area (Å²) in [7, 11) is 3.58. The van der Waals surface area contributed by atoms with E-state index < -0.39 is 0 Å². The normalized spacial score (nSPS) is 10.5. The van der Waals surface area contributed by atoms with E-state index in [-0.39, 0.29) is 34.8 Å². The van der Waals surface area contributed by atoms with Gasteiger partial charge in [0, 0.05) is 88.9 Å². The van der Waals surface area contributed by atoms with Crippen molar-refractivity contribution < 1.29 is 9.59 Å². The molecule has 1 amide bonds. The van der Waals surface area contributed by atoms with Crippen LogP contribution in [0.2, 0.25) is 0 Å². The molecule has 3 aromatic heterocycles. The Bertz CT molecular complexity index is 3290. The van der Waals surface area contributed by atoms with Crippen LogP contribution in [-0.2, 0) is 23.7 Å². The fourth-order valence-corrected chi connectivity index (χ4v) is 8.08. The molecule has 0 aliphatic rings. The number of nitrogen functional groups attached to an aromatic ring is 2. The van der Waals surface area contributed by atoms with Crippen molar-refractivity contribution in [1.29, 1.82) is 0 Å². The molecule has 0 unspecified atom stereocenters. The molecule has 0 spiro atoms. The highest BCUT2D eigenvalue weighted by atomic mass is 79.9. The first-order valence-electron chi connectivity index (χ1n) is 21.3. The van der Waals surface area contributed by atoms with Gasteiger partial charge >= 0.3 is 0 Å². The Balaban J connectivity index is 0.000000187. The topological polar surface area (TPSA) is 175 Å². The number of hydrogen-bond acceptors (Lipinski definition) is 7. The van der Waals surface area contributed by atoms with Gasteiger partial charge in [0.1, 0.15) is 5.78 Å². The number of carbonyl (C=O) groups excluding carboxylic acids is 2. The van der Waals surface area contributed by atoms with Crippen LogP contribution >= 0.6 is 63.7 Å². The van der Waals surface area contributed by atoms with Crippen molar-refractivity contribution in [3.05, 3.63) is 184 Å². The zero-order valence-corrected chi connectivity index (χ0v) is 46.3. The largest absolute Gasteiger partial charge is 0.399 e. The van der Waals surface area contributed by atoms with Crippen LogP contribution < -0.4 is 33.5 Å². The molecule has 5 aromatic carbocycles. The van der Waals surface area contributed by atoms with Crippen molar-refractivity contribution in [3.63, 3.8) is 0 Å². The number of carbonyl (C=O) groups is 2. The van der Waals surface area contributed by atoms with Crippen molar-refractivity contribution in [2.24, 2.45) is 14.1 Å². The van der Waals surface area contributed by atoms with Gasteiger partial charge in [-0.15, -0.1) is 0 Å². The highest BCUT2D eigenvalue weighted by Gasteiger charge is 2.09.